The van der Waals surface area contributed by atoms with E-state index in [1.165, 1.54) is 5.56 Å². The zero-order chi connectivity index (χ0) is 13.7. The zero-order valence-corrected chi connectivity index (χ0v) is 11.6. The third kappa shape index (κ3) is 4.10. The van der Waals surface area contributed by atoms with Gasteiger partial charge in [-0.2, -0.15) is 0 Å². The summed E-state index contributed by atoms with van der Waals surface area (Å²) in [4.78, 5) is 0. The minimum Gasteiger partial charge on any atom is -0.497 e. The Morgan fingerprint density at radius 2 is 2.05 bits per heavy atom. The second-order valence-electron chi connectivity index (χ2n) is 4.76. The SMILES string of the molecule is COc1ccc(CC(C)NCc2cc(C)on2)cc1. The van der Waals surface area contributed by atoms with Crippen LogP contribution in [-0.2, 0) is 13.0 Å². The molecule has 0 aliphatic carbocycles. The molecule has 4 heteroatoms. The standard InChI is InChI=1S/C15H20N2O2/c1-11(16-10-14-9-12(2)19-17-14)8-13-4-6-15(18-3)7-5-13/h4-7,9,11,16H,8,10H2,1-3H3. The zero-order valence-electron chi connectivity index (χ0n) is 11.6. The van der Waals surface area contributed by atoms with Crippen LogP contribution in [0.4, 0.5) is 0 Å². The van der Waals surface area contributed by atoms with Gasteiger partial charge in [-0.3, -0.25) is 0 Å². The van der Waals surface area contributed by atoms with E-state index in [-0.39, 0.29) is 0 Å². The number of aromatic nitrogens is 1. The minimum atomic E-state index is 0.380. The van der Waals surface area contributed by atoms with Crippen molar-refractivity contribution in [3.8, 4) is 5.75 Å². The summed E-state index contributed by atoms with van der Waals surface area (Å²) in [5.74, 6) is 1.74. The van der Waals surface area contributed by atoms with Gasteiger partial charge in [-0.05, 0) is 38.0 Å². The van der Waals surface area contributed by atoms with E-state index in [1.807, 2.05) is 25.1 Å². The van der Waals surface area contributed by atoms with E-state index in [2.05, 4.69) is 29.5 Å². The number of nitrogens with zero attached hydrogens (tertiary/aromatic N) is 1. The van der Waals surface area contributed by atoms with E-state index in [0.29, 0.717) is 6.04 Å². The van der Waals surface area contributed by atoms with E-state index in [1.54, 1.807) is 7.11 Å². The first-order valence-electron chi connectivity index (χ1n) is 6.46. The smallest absolute Gasteiger partial charge is 0.133 e. The Hall–Kier alpha value is -1.81. The number of hydrogen-bond acceptors (Lipinski definition) is 4. The number of benzene rings is 1. The second-order valence-corrected chi connectivity index (χ2v) is 4.76. The molecule has 0 radical (unpaired) electrons. The third-order valence-electron chi connectivity index (χ3n) is 3.01. The molecule has 0 aliphatic heterocycles. The van der Waals surface area contributed by atoms with Gasteiger partial charge in [0.1, 0.15) is 11.5 Å². The number of nitrogens with one attached hydrogen (secondary N) is 1. The average Bonchev–Trinajstić information content (AvgIpc) is 2.83. The van der Waals surface area contributed by atoms with Crippen LogP contribution in [0.5, 0.6) is 5.75 Å². The monoisotopic (exact) mass is 260 g/mol. The molecule has 2 rings (SSSR count). The number of aryl methyl sites for hydroxylation is 1. The van der Waals surface area contributed by atoms with Crippen molar-refractivity contribution in [2.24, 2.45) is 0 Å². The topological polar surface area (TPSA) is 47.3 Å². The highest BCUT2D eigenvalue weighted by atomic mass is 16.5. The maximum Gasteiger partial charge on any atom is 0.133 e. The summed E-state index contributed by atoms with van der Waals surface area (Å²) in [5.41, 5.74) is 2.23. The molecule has 0 saturated heterocycles. The van der Waals surface area contributed by atoms with E-state index in [4.69, 9.17) is 9.26 Å². The molecule has 0 spiro atoms. The van der Waals surface area contributed by atoms with Crippen LogP contribution in [0.25, 0.3) is 0 Å². The number of rotatable bonds is 6. The van der Waals surface area contributed by atoms with Crippen molar-refractivity contribution in [1.82, 2.24) is 10.5 Å². The first-order valence-corrected chi connectivity index (χ1v) is 6.46. The van der Waals surface area contributed by atoms with Crippen molar-refractivity contribution in [1.29, 1.82) is 0 Å². The van der Waals surface area contributed by atoms with E-state index >= 15 is 0 Å². The van der Waals surface area contributed by atoms with Crippen LogP contribution in [0.2, 0.25) is 0 Å². The lowest BCUT2D eigenvalue weighted by molar-refractivity contribution is 0.386. The van der Waals surface area contributed by atoms with Crippen molar-refractivity contribution in [2.45, 2.75) is 32.9 Å². The molecule has 19 heavy (non-hydrogen) atoms. The molecule has 0 amide bonds. The molecule has 1 atom stereocenters. The molecule has 1 aromatic carbocycles. The Labute approximate surface area is 113 Å². The molecule has 4 nitrogen and oxygen atoms in total. The largest absolute Gasteiger partial charge is 0.497 e. The van der Waals surface area contributed by atoms with Gasteiger partial charge >= 0.3 is 0 Å². The lowest BCUT2D eigenvalue weighted by Gasteiger charge is -2.13. The first-order chi connectivity index (χ1) is 9.17. The Kier molecular flexibility index (Phi) is 4.58. The molecule has 0 saturated carbocycles. The van der Waals surface area contributed by atoms with Gasteiger partial charge in [0.15, 0.2) is 0 Å². The lowest BCUT2D eigenvalue weighted by Crippen LogP contribution is -2.27. The fraction of sp³-hybridized carbons (Fsp3) is 0.400. The van der Waals surface area contributed by atoms with Crippen molar-refractivity contribution >= 4 is 0 Å². The summed E-state index contributed by atoms with van der Waals surface area (Å²) >= 11 is 0. The maximum atomic E-state index is 5.15. The van der Waals surface area contributed by atoms with Crippen molar-refractivity contribution in [3.63, 3.8) is 0 Å². The van der Waals surface area contributed by atoms with Crippen LogP contribution < -0.4 is 10.1 Å². The lowest BCUT2D eigenvalue weighted by atomic mass is 10.1. The fourth-order valence-electron chi connectivity index (χ4n) is 1.97. The van der Waals surface area contributed by atoms with Crippen LogP contribution in [-0.4, -0.2) is 18.3 Å². The summed E-state index contributed by atoms with van der Waals surface area (Å²) in [5, 5.41) is 7.40. The van der Waals surface area contributed by atoms with Crippen LogP contribution in [0, 0.1) is 6.92 Å². The fourth-order valence-corrected chi connectivity index (χ4v) is 1.97. The number of ether oxygens (including phenoxy) is 1. The maximum absolute atomic E-state index is 5.15. The van der Waals surface area contributed by atoms with E-state index in [0.717, 1.165) is 30.2 Å². The van der Waals surface area contributed by atoms with Crippen LogP contribution in [0.15, 0.2) is 34.9 Å². The van der Waals surface area contributed by atoms with Crippen LogP contribution in [0.3, 0.4) is 0 Å². The van der Waals surface area contributed by atoms with Crippen LogP contribution in [0.1, 0.15) is 23.9 Å². The molecule has 2 aromatic rings. The molecule has 0 fully saturated rings. The molecule has 1 N–H and O–H groups in total. The van der Waals surface area contributed by atoms with Crippen molar-refractivity contribution in [3.05, 3.63) is 47.3 Å². The van der Waals surface area contributed by atoms with Gasteiger partial charge in [0, 0.05) is 18.7 Å². The van der Waals surface area contributed by atoms with Gasteiger partial charge < -0.3 is 14.6 Å². The van der Waals surface area contributed by atoms with E-state index in [9.17, 15) is 0 Å². The Morgan fingerprint density at radius 1 is 1.32 bits per heavy atom. The minimum absolute atomic E-state index is 0.380. The molecule has 102 valence electrons. The van der Waals surface area contributed by atoms with Gasteiger partial charge in [-0.1, -0.05) is 17.3 Å². The molecule has 0 aliphatic rings. The predicted molar refractivity (Wildman–Crippen MR) is 74.2 cm³/mol. The highest BCUT2D eigenvalue weighted by Crippen LogP contribution is 2.12. The molecular formula is C15H20N2O2. The normalized spacial score (nSPS) is 12.4. The third-order valence-corrected chi connectivity index (χ3v) is 3.01. The number of hydrogen-bond donors (Lipinski definition) is 1. The Bertz CT molecular complexity index is 505. The van der Waals surface area contributed by atoms with Gasteiger partial charge in [0.25, 0.3) is 0 Å². The van der Waals surface area contributed by atoms with Crippen LogP contribution >= 0.6 is 0 Å². The molecular weight excluding hydrogens is 240 g/mol. The van der Waals surface area contributed by atoms with Crippen molar-refractivity contribution in [2.75, 3.05) is 7.11 Å². The summed E-state index contributed by atoms with van der Waals surface area (Å²) in [7, 11) is 1.68. The summed E-state index contributed by atoms with van der Waals surface area (Å²) in [6.07, 6.45) is 0.973. The summed E-state index contributed by atoms with van der Waals surface area (Å²) < 4.78 is 10.2. The Morgan fingerprint density at radius 3 is 2.63 bits per heavy atom. The second kappa shape index (κ2) is 6.38. The molecule has 1 unspecified atom stereocenters. The number of methoxy groups -OCH3 is 1. The summed E-state index contributed by atoms with van der Waals surface area (Å²) in [6.45, 7) is 4.79. The molecule has 0 bridgehead atoms. The van der Waals surface area contributed by atoms with Gasteiger partial charge in [0.2, 0.25) is 0 Å². The highest BCUT2D eigenvalue weighted by Gasteiger charge is 2.05. The van der Waals surface area contributed by atoms with Gasteiger partial charge in [-0.15, -0.1) is 0 Å². The quantitative estimate of drug-likeness (QED) is 0.867. The predicted octanol–water partition coefficient (Wildman–Crippen LogP) is 2.71. The molecule has 1 heterocycles. The first kappa shape index (κ1) is 13.6. The summed E-state index contributed by atoms with van der Waals surface area (Å²) in [6, 6.07) is 10.5. The van der Waals surface area contributed by atoms with Crippen molar-refractivity contribution < 1.29 is 9.26 Å². The average molecular weight is 260 g/mol. The van der Waals surface area contributed by atoms with E-state index < -0.39 is 0 Å². The molecule has 1 aromatic heterocycles. The highest BCUT2D eigenvalue weighted by molar-refractivity contribution is 5.27. The Balaban J connectivity index is 1.81. The van der Waals surface area contributed by atoms with Gasteiger partial charge in [0.05, 0.1) is 12.8 Å². The van der Waals surface area contributed by atoms with Gasteiger partial charge in [-0.25, -0.2) is 0 Å².